The third-order valence-corrected chi connectivity index (χ3v) is 8.21. The van der Waals surface area contributed by atoms with E-state index in [0.717, 1.165) is 19.3 Å². The number of carbonyl (C=O) groups excluding carboxylic acids is 3. The third kappa shape index (κ3) is 3.31. The summed E-state index contributed by atoms with van der Waals surface area (Å²) < 4.78 is 17.8. The van der Waals surface area contributed by atoms with Crippen LogP contribution in [-0.2, 0) is 28.6 Å². The molecule has 6 nitrogen and oxygen atoms in total. The fraction of sp³-hybridized carbons (Fsp3) is 0.792. The molecule has 1 saturated heterocycles. The van der Waals surface area contributed by atoms with E-state index < -0.39 is 28.7 Å². The molecule has 168 valence electrons. The van der Waals surface area contributed by atoms with E-state index in [1.54, 1.807) is 6.08 Å². The molecular weight excluding hydrogens is 384 g/mol. The number of ether oxygens (including phenoxy) is 3. The molecule has 30 heavy (non-hydrogen) atoms. The van der Waals surface area contributed by atoms with Crippen molar-refractivity contribution >= 4 is 17.7 Å². The molecule has 1 aliphatic heterocycles. The van der Waals surface area contributed by atoms with Gasteiger partial charge in [-0.15, -0.1) is 6.58 Å². The smallest absolute Gasteiger partial charge is 0.303 e. The summed E-state index contributed by atoms with van der Waals surface area (Å²) in [4.78, 5) is 37.7. The highest BCUT2D eigenvalue weighted by molar-refractivity contribution is 5.94. The van der Waals surface area contributed by atoms with Crippen molar-refractivity contribution in [2.45, 2.75) is 97.6 Å². The molecule has 3 aliphatic rings. The zero-order chi connectivity index (χ0) is 22.7. The molecule has 0 aromatic rings. The van der Waals surface area contributed by atoms with Crippen LogP contribution < -0.4 is 0 Å². The molecule has 2 saturated carbocycles. The number of ketones is 1. The number of hydrogen-bond acceptors (Lipinski definition) is 6. The number of esters is 2. The SMILES string of the molecule is C=C[C@@]1(C)CC[C@@H]2[C@@]3(C)CC[C@H](OC(C)=O)C(C)(C)[C@@H]3[C@@H](OC(C)=O)C(=O)[C@@]2(C)O1. The zero-order valence-corrected chi connectivity index (χ0v) is 19.4. The Labute approximate surface area is 179 Å². The quantitative estimate of drug-likeness (QED) is 0.507. The van der Waals surface area contributed by atoms with Gasteiger partial charge in [0, 0.05) is 31.1 Å². The highest BCUT2D eigenvalue weighted by atomic mass is 16.6. The lowest BCUT2D eigenvalue weighted by molar-refractivity contribution is -0.269. The van der Waals surface area contributed by atoms with E-state index in [4.69, 9.17) is 14.2 Å². The molecular formula is C24H36O6. The molecule has 0 bridgehead atoms. The molecule has 0 aromatic heterocycles. The highest BCUT2D eigenvalue weighted by Gasteiger charge is 2.71. The zero-order valence-electron chi connectivity index (χ0n) is 19.4. The molecule has 6 heteroatoms. The van der Waals surface area contributed by atoms with Gasteiger partial charge in [-0.25, -0.2) is 0 Å². The van der Waals surface area contributed by atoms with E-state index >= 15 is 0 Å². The molecule has 0 amide bonds. The first-order valence-electron chi connectivity index (χ1n) is 10.9. The van der Waals surface area contributed by atoms with Crippen molar-refractivity contribution in [3.8, 4) is 0 Å². The van der Waals surface area contributed by atoms with Gasteiger partial charge in [-0.05, 0) is 44.9 Å². The summed E-state index contributed by atoms with van der Waals surface area (Å²) in [7, 11) is 0. The fourth-order valence-corrected chi connectivity index (χ4v) is 6.93. The van der Waals surface area contributed by atoms with E-state index in [0.29, 0.717) is 6.42 Å². The van der Waals surface area contributed by atoms with Gasteiger partial charge in [0.05, 0.1) is 5.60 Å². The van der Waals surface area contributed by atoms with Crippen LogP contribution in [0.1, 0.15) is 74.1 Å². The van der Waals surface area contributed by atoms with E-state index in [-0.39, 0.29) is 35.1 Å². The number of rotatable bonds is 3. The topological polar surface area (TPSA) is 78.9 Å². The summed E-state index contributed by atoms with van der Waals surface area (Å²) in [5.41, 5.74) is -2.54. The largest absolute Gasteiger partial charge is 0.462 e. The Balaban J connectivity index is 2.13. The normalized spacial score (nSPS) is 45.0. The van der Waals surface area contributed by atoms with Crippen LogP contribution in [0.4, 0.5) is 0 Å². The van der Waals surface area contributed by atoms with Crippen LogP contribution >= 0.6 is 0 Å². The van der Waals surface area contributed by atoms with Crippen LogP contribution in [0.3, 0.4) is 0 Å². The molecule has 0 aromatic carbocycles. The molecule has 7 atom stereocenters. The summed E-state index contributed by atoms with van der Waals surface area (Å²) in [6.45, 7) is 16.7. The first-order valence-corrected chi connectivity index (χ1v) is 10.9. The molecule has 0 N–H and O–H groups in total. The van der Waals surface area contributed by atoms with Crippen molar-refractivity contribution in [3.05, 3.63) is 12.7 Å². The number of fused-ring (bicyclic) bond motifs is 3. The van der Waals surface area contributed by atoms with E-state index in [1.165, 1.54) is 13.8 Å². The Kier molecular flexibility index (Phi) is 5.50. The molecule has 2 aliphatic carbocycles. The molecule has 1 heterocycles. The van der Waals surface area contributed by atoms with E-state index in [2.05, 4.69) is 13.5 Å². The van der Waals surface area contributed by atoms with Crippen LogP contribution in [0.15, 0.2) is 12.7 Å². The maximum atomic E-state index is 13.9. The van der Waals surface area contributed by atoms with Crippen LogP contribution in [-0.4, -0.2) is 41.1 Å². The molecule has 0 radical (unpaired) electrons. The van der Waals surface area contributed by atoms with Crippen molar-refractivity contribution in [3.63, 3.8) is 0 Å². The predicted molar refractivity (Wildman–Crippen MR) is 112 cm³/mol. The second-order valence-corrected chi connectivity index (χ2v) is 10.7. The average molecular weight is 421 g/mol. The Morgan fingerprint density at radius 1 is 1.03 bits per heavy atom. The molecule has 0 spiro atoms. The van der Waals surface area contributed by atoms with Gasteiger partial charge in [-0.3, -0.25) is 14.4 Å². The van der Waals surface area contributed by atoms with Gasteiger partial charge in [0.15, 0.2) is 6.10 Å². The summed E-state index contributed by atoms with van der Waals surface area (Å²) >= 11 is 0. The van der Waals surface area contributed by atoms with Gasteiger partial charge in [0.1, 0.15) is 11.7 Å². The summed E-state index contributed by atoms with van der Waals surface area (Å²) in [6.07, 6.45) is 3.53. The van der Waals surface area contributed by atoms with Crippen LogP contribution in [0.5, 0.6) is 0 Å². The number of hydrogen-bond donors (Lipinski definition) is 0. The minimum atomic E-state index is -1.07. The molecule has 0 unspecified atom stereocenters. The van der Waals surface area contributed by atoms with Crippen molar-refractivity contribution in [2.24, 2.45) is 22.7 Å². The summed E-state index contributed by atoms with van der Waals surface area (Å²) in [5.74, 6) is -1.34. The Morgan fingerprint density at radius 3 is 2.17 bits per heavy atom. The monoisotopic (exact) mass is 420 g/mol. The standard InChI is InChI=1S/C24H36O6/c1-9-22(6)12-10-16-23(7)13-11-17(28-14(2)25)21(4,5)19(23)18(29-15(3)26)20(27)24(16,8)30-22/h9,16-19H,1,10-13H2,2-8H3/t16-,17+,18-,19+,22+,23-,24+/m1/s1. The van der Waals surface area contributed by atoms with Gasteiger partial charge < -0.3 is 14.2 Å². The minimum Gasteiger partial charge on any atom is -0.462 e. The van der Waals surface area contributed by atoms with E-state index in [9.17, 15) is 14.4 Å². The first kappa shape index (κ1) is 23.0. The predicted octanol–water partition coefficient (Wildman–Crippen LogP) is 4.01. The lowest BCUT2D eigenvalue weighted by Gasteiger charge is -2.66. The van der Waals surface area contributed by atoms with Crippen LogP contribution in [0.2, 0.25) is 0 Å². The van der Waals surface area contributed by atoms with Crippen molar-refractivity contribution in [1.29, 1.82) is 0 Å². The lowest BCUT2D eigenvalue weighted by Crippen LogP contribution is -2.73. The fourth-order valence-electron chi connectivity index (χ4n) is 6.93. The average Bonchev–Trinajstić information content (AvgIpc) is 2.61. The van der Waals surface area contributed by atoms with Crippen LogP contribution in [0.25, 0.3) is 0 Å². The second kappa shape index (κ2) is 7.18. The summed E-state index contributed by atoms with van der Waals surface area (Å²) in [6, 6.07) is 0. The van der Waals surface area contributed by atoms with Gasteiger partial charge in [-0.2, -0.15) is 0 Å². The van der Waals surface area contributed by atoms with Gasteiger partial charge in [0.25, 0.3) is 0 Å². The van der Waals surface area contributed by atoms with Crippen LogP contribution in [0, 0.1) is 22.7 Å². The second-order valence-electron chi connectivity index (χ2n) is 10.7. The lowest BCUT2D eigenvalue weighted by atomic mass is 9.42. The first-order chi connectivity index (χ1) is 13.7. The van der Waals surface area contributed by atoms with Crippen molar-refractivity contribution in [2.75, 3.05) is 0 Å². The van der Waals surface area contributed by atoms with Gasteiger partial charge in [0.2, 0.25) is 5.78 Å². The summed E-state index contributed by atoms with van der Waals surface area (Å²) in [5, 5.41) is 0. The Bertz CT molecular complexity index is 772. The Hall–Kier alpha value is -1.69. The van der Waals surface area contributed by atoms with Gasteiger partial charge in [-0.1, -0.05) is 26.8 Å². The molecule has 3 fully saturated rings. The third-order valence-electron chi connectivity index (χ3n) is 8.21. The molecule has 3 rings (SSSR count). The highest BCUT2D eigenvalue weighted by Crippen LogP contribution is 2.65. The Morgan fingerprint density at radius 2 is 1.63 bits per heavy atom. The number of carbonyl (C=O) groups is 3. The van der Waals surface area contributed by atoms with Gasteiger partial charge >= 0.3 is 11.9 Å². The maximum Gasteiger partial charge on any atom is 0.303 e. The van der Waals surface area contributed by atoms with Crippen molar-refractivity contribution < 1.29 is 28.6 Å². The number of Topliss-reactive ketones (excluding diaryl/α,β-unsaturated/α-hetero) is 1. The maximum absolute atomic E-state index is 13.9. The minimum absolute atomic E-state index is 0.0279. The van der Waals surface area contributed by atoms with E-state index in [1.807, 2.05) is 27.7 Å². The van der Waals surface area contributed by atoms with Crippen molar-refractivity contribution in [1.82, 2.24) is 0 Å².